The van der Waals surface area contributed by atoms with Gasteiger partial charge in [0.15, 0.2) is 0 Å². The van der Waals surface area contributed by atoms with Crippen LogP contribution in [0.1, 0.15) is 29.1 Å². The average molecular weight is 388 g/mol. The number of benzene rings is 2. The number of rotatable bonds is 4. The van der Waals surface area contributed by atoms with Gasteiger partial charge in [0.2, 0.25) is 0 Å². The van der Waals surface area contributed by atoms with Crippen LogP contribution in [0.25, 0.3) is 11.3 Å². The van der Waals surface area contributed by atoms with Crippen LogP contribution in [0.4, 0.5) is 4.39 Å². The Morgan fingerprint density at radius 1 is 1.21 bits per heavy atom. The van der Waals surface area contributed by atoms with Gasteiger partial charge in [-0.3, -0.25) is 4.79 Å². The van der Waals surface area contributed by atoms with E-state index in [0.717, 1.165) is 15.7 Å². The number of nitrogens with one attached hydrogen (secondary N) is 2. The van der Waals surface area contributed by atoms with Crippen LogP contribution in [0.2, 0.25) is 0 Å². The number of aromatic amines is 1. The summed E-state index contributed by atoms with van der Waals surface area (Å²) in [6, 6.07) is 13.3. The summed E-state index contributed by atoms with van der Waals surface area (Å²) >= 11 is 3.40. The first-order valence-electron chi connectivity index (χ1n) is 7.41. The molecule has 1 amide bonds. The topological polar surface area (TPSA) is 57.8 Å². The van der Waals surface area contributed by atoms with E-state index in [2.05, 4.69) is 31.2 Å². The summed E-state index contributed by atoms with van der Waals surface area (Å²) in [6.45, 7) is 1.79. The highest BCUT2D eigenvalue weighted by Crippen LogP contribution is 2.21. The lowest BCUT2D eigenvalue weighted by Gasteiger charge is -2.12. The molecule has 1 heterocycles. The Kier molecular flexibility index (Phi) is 4.76. The Labute approximate surface area is 147 Å². The second kappa shape index (κ2) is 6.97. The van der Waals surface area contributed by atoms with E-state index in [0.29, 0.717) is 5.82 Å². The van der Waals surface area contributed by atoms with E-state index >= 15 is 0 Å². The smallest absolute Gasteiger partial charge is 0.254 e. The lowest BCUT2D eigenvalue weighted by Crippen LogP contribution is -2.28. The number of hydrogen-bond donors (Lipinski definition) is 2. The molecule has 0 aliphatic carbocycles. The Morgan fingerprint density at radius 3 is 2.62 bits per heavy atom. The maximum Gasteiger partial charge on any atom is 0.254 e. The fourth-order valence-electron chi connectivity index (χ4n) is 2.32. The van der Waals surface area contributed by atoms with Gasteiger partial charge in [-0.25, -0.2) is 9.37 Å². The van der Waals surface area contributed by atoms with Crippen LogP contribution in [-0.4, -0.2) is 15.9 Å². The monoisotopic (exact) mass is 387 g/mol. The number of imidazole rings is 1. The van der Waals surface area contributed by atoms with Crippen molar-refractivity contribution in [2.24, 2.45) is 0 Å². The molecule has 4 nitrogen and oxygen atoms in total. The Bertz CT molecular complexity index is 861. The standard InChI is InChI=1S/C18H15BrFN3O/c1-11(22-18(24)14-4-2-3-5-15(14)20)17-21-10-16(23-17)12-6-8-13(19)9-7-12/h2-11H,1H3,(H,21,23)(H,22,24). The Balaban J connectivity index is 1.74. The van der Waals surface area contributed by atoms with Crippen molar-refractivity contribution in [1.82, 2.24) is 15.3 Å². The molecular weight excluding hydrogens is 373 g/mol. The molecule has 1 unspecified atom stereocenters. The number of carbonyl (C=O) groups excluding carboxylic acids is 1. The molecule has 3 aromatic rings. The molecule has 6 heteroatoms. The lowest BCUT2D eigenvalue weighted by atomic mass is 10.2. The van der Waals surface area contributed by atoms with E-state index in [1.807, 2.05) is 24.3 Å². The van der Waals surface area contributed by atoms with Crippen LogP contribution >= 0.6 is 15.9 Å². The number of hydrogen-bond acceptors (Lipinski definition) is 2. The van der Waals surface area contributed by atoms with Gasteiger partial charge in [-0.15, -0.1) is 0 Å². The van der Waals surface area contributed by atoms with Gasteiger partial charge < -0.3 is 10.3 Å². The van der Waals surface area contributed by atoms with Crippen molar-refractivity contribution in [3.63, 3.8) is 0 Å². The van der Waals surface area contributed by atoms with Crippen LogP contribution in [0.5, 0.6) is 0 Å². The molecule has 0 bridgehead atoms. The van der Waals surface area contributed by atoms with E-state index in [9.17, 15) is 9.18 Å². The number of halogens is 2. The fraction of sp³-hybridized carbons (Fsp3) is 0.111. The first kappa shape index (κ1) is 16.4. The van der Waals surface area contributed by atoms with E-state index < -0.39 is 11.7 Å². The molecule has 2 aromatic carbocycles. The predicted octanol–water partition coefficient (Wildman–Crippen LogP) is 4.47. The molecule has 0 radical (unpaired) electrons. The van der Waals surface area contributed by atoms with Crippen LogP contribution in [0.3, 0.4) is 0 Å². The minimum atomic E-state index is -0.544. The molecule has 0 aliphatic heterocycles. The summed E-state index contributed by atoms with van der Waals surface area (Å²) < 4.78 is 14.7. The minimum absolute atomic E-state index is 0.0176. The molecular formula is C18H15BrFN3O. The maximum absolute atomic E-state index is 13.7. The van der Waals surface area contributed by atoms with Crippen LogP contribution < -0.4 is 5.32 Å². The highest BCUT2D eigenvalue weighted by Gasteiger charge is 2.16. The van der Waals surface area contributed by atoms with Crippen molar-refractivity contribution >= 4 is 21.8 Å². The second-order valence-electron chi connectivity index (χ2n) is 5.36. The van der Waals surface area contributed by atoms with Crippen molar-refractivity contribution in [3.8, 4) is 11.3 Å². The van der Waals surface area contributed by atoms with Gasteiger partial charge in [0, 0.05) is 4.47 Å². The first-order valence-corrected chi connectivity index (χ1v) is 8.20. The molecule has 1 atom stereocenters. The van der Waals surface area contributed by atoms with Crippen molar-refractivity contribution in [3.05, 3.63) is 76.4 Å². The molecule has 0 spiro atoms. The van der Waals surface area contributed by atoms with E-state index in [4.69, 9.17) is 0 Å². The Hall–Kier alpha value is -2.47. The number of nitrogens with zero attached hydrogens (tertiary/aromatic N) is 1. The van der Waals surface area contributed by atoms with Gasteiger partial charge in [-0.1, -0.05) is 40.2 Å². The highest BCUT2D eigenvalue weighted by atomic mass is 79.9. The largest absolute Gasteiger partial charge is 0.342 e. The molecule has 2 N–H and O–H groups in total. The number of aromatic nitrogens is 2. The summed E-state index contributed by atoms with van der Waals surface area (Å²) in [7, 11) is 0. The quantitative estimate of drug-likeness (QED) is 0.693. The zero-order valence-corrected chi connectivity index (χ0v) is 14.5. The van der Waals surface area contributed by atoms with Crippen molar-refractivity contribution in [1.29, 1.82) is 0 Å². The third-order valence-corrected chi connectivity index (χ3v) is 4.16. The zero-order valence-electron chi connectivity index (χ0n) is 12.9. The van der Waals surface area contributed by atoms with Crippen molar-refractivity contribution in [2.75, 3.05) is 0 Å². The summed E-state index contributed by atoms with van der Waals surface area (Å²) in [5.41, 5.74) is 1.86. The highest BCUT2D eigenvalue weighted by molar-refractivity contribution is 9.10. The average Bonchev–Trinajstić information content (AvgIpc) is 3.06. The van der Waals surface area contributed by atoms with Crippen LogP contribution in [0.15, 0.2) is 59.2 Å². The Morgan fingerprint density at radius 2 is 1.92 bits per heavy atom. The van der Waals surface area contributed by atoms with Crippen LogP contribution in [0, 0.1) is 5.82 Å². The van der Waals surface area contributed by atoms with Gasteiger partial charge in [0.1, 0.15) is 11.6 Å². The lowest BCUT2D eigenvalue weighted by molar-refractivity contribution is 0.0934. The molecule has 122 valence electrons. The maximum atomic E-state index is 13.7. The molecule has 0 saturated carbocycles. The molecule has 0 aliphatic rings. The van der Waals surface area contributed by atoms with Gasteiger partial charge >= 0.3 is 0 Å². The third-order valence-electron chi connectivity index (χ3n) is 3.63. The summed E-state index contributed by atoms with van der Waals surface area (Å²) in [4.78, 5) is 19.7. The summed E-state index contributed by atoms with van der Waals surface area (Å²) in [5.74, 6) is -0.406. The summed E-state index contributed by atoms with van der Waals surface area (Å²) in [5, 5.41) is 2.75. The molecule has 1 aromatic heterocycles. The summed E-state index contributed by atoms with van der Waals surface area (Å²) in [6.07, 6.45) is 1.71. The predicted molar refractivity (Wildman–Crippen MR) is 94.0 cm³/mol. The molecule has 3 rings (SSSR count). The van der Waals surface area contributed by atoms with Gasteiger partial charge in [0.05, 0.1) is 23.5 Å². The fourth-order valence-corrected chi connectivity index (χ4v) is 2.59. The van der Waals surface area contributed by atoms with Crippen molar-refractivity contribution < 1.29 is 9.18 Å². The minimum Gasteiger partial charge on any atom is -0.342 e. The second-order valence-corrected chi connectivity index (χ2v) is 6.28. The van der Waals surface area contributed by atoms with E-state index in [-0.39, 0.29) is 11.6 Å². The molecule has 0 saturated heterocycles. The number of H-pyrrole nitrogens is 1. The van der Waals surface area contributed by atoms with Gasteiger partial charge in [0.25, 0.3) is 5.91 Å². The first-order chi connectivity index (χ1) is 11.5. The van der Waals surface area contributed by atoms with Gasteiger partial charge in [-0.2, -0.15) is 0 Å². The van der Waals surface area contributed by atoms with E-state index in [1.165, 1.54) is 12.1 Å². The number of amides is 1. The van der Waals surface area contributed by atoms with Gasteiger partial charge in [-0.05, 0) is 36.8 Å². The van der Waals surface area contributed by atoms with Crippen molar-refractivity contribution in [2.45, 2.75) is 13.0 Å². The van der Waals surface area contributed by atoms with E-state index in [1.54, 1.807) is 25.3 Å². The molecule has 0 fully saturated rings. The third kappa shape index (κ3) is 3.54. The SMILES string of the molecule is CC(NC(=O)c1ccccc1F)c1ncc(-c2ccc(Br)cc2)[nH]1. The normalized spacial score (nSPS) is 12.0. The molecule has 24 heavy (non-hydrogen) atoms. The zero-order chi connectivity index (χ0) is 17.1. The number of carbonyl (C=O) groups is 1. The van der Waals surface area contributed by atoms with Crippen LogP contribution in [-0.2, 0) is 0 Å².